The summed E-state index contributed by atoms with van der Waals surface area (Å²) in [5.74, 6) is 1.67. The zero-order chi connectivity index (χ0) is 14.4. The van der Waals surface area contributed by atoms with E-state index in [4.69, 9.17) is 15.2 Å². The molecule has 4 nitrogen and oxygen atoms in total. The maximum Gasteiger partial charge on any atom is 0.123 e. The second kappa shape index (κ2) is 7.50. The van der Waals surface area contributed by atoms with E-state index in [1.807, 2.05) is 18.2 Å². The van der Waals surface area contributed by atoms with Crippen LogP contribution in [0.2, 0.25) is 0 Å². The summed E-state index contributed by atoms with van der Waals surface area (Å²) in [5.41, 5.74) is 7.42. The fourth-order valence-corrected chi connectivity index (χ4v) is 2.82. The van der Waals surface area contributed by atoms with Gasteiger partial charge >= 0.3 is 0 Å². The van der Waals surface area contributed by atoms with Crippen LogP contribution >= 0.6 is 0 Å². The van der Waals surface area contributed by atoms with Gasteiger partial charge < -0.3 is 20.1 Å². The number of nitrogens with zero attached hydrogens (tertiary/aromatic N) is 1. The molecule has 0 bridgehead atoms. The van der Waals surface area contributed by atoms with Crippen molar-refractivity contribution < 1.29 is 9.47 Å². The Hall–Kier alpha value is -1.26. The van der Waals surface area contributed by atoms with Crippen LogP contribution in [0, 0.1) is 0 Å². The molecule has 112 valence electrons. The Bertz CT molecular complexity index is 415. The molecule has 20 heavy (non-hydrogen) atoms. The van der Waals surface area contributed by atoms with Crippen molar-refractivity contribution in [2.75, 3.05) is 33.9 Å². The van der Waals surface area contributed by atoms with Crippen LogP contribution in [-0.4, -0.2) is 38.8 Å². The lowest BCUT2D eigenvalue weighted by molar-refractivity contribution is 0.265. The second-order valence-electron chi connectivity index (χ2n) is 5.43. The van der Waals surface area contributed by atoms with Gasteiger partial charge in [-0.25, -0.2) is 0 Å². The molecule has 0 radical (unpaired) electrons. The van der Waals surface area contributed by atoms with E-state index in [2.05, 4.69) is 4.90 Å². The van der Waals surface area contributed by atoms with Crippen molar-refractivity contribution in [3.63, 3.8) is 0 Å². The average molecular weight is 278 g/mol. The van der Waals surface area contributed by atoms with E-state index in [1.165, 1.54) is 25.7 Å². The van der Waals surface area contributed by atoms with Crippen molar-refractivity contribution in [3.8, 4) is 11.5 Å². The van der Waals surface area contributed by atoms with Crippen molar-refractivity contribution in [3.05, 3.63) is 23.8 Å². The van der Waals surface area contributed by atoms with Gasteiger partial charge in [-0.1, -0.05) is 12.8 Å². The fourth-order valence-electron chi connectivity index (χ4n) is 2.82. The standard InChI is InChI=1S/C16H26N2O2/c1-19-13-7-8-16(20-2)14(11-13)15(17)12-18-9-5-3-4-6-10-18/h7-8,11,15H,3-6,9-10,12,17H2,1-2H3. The molecule has 1 heterocycles. The van der Waals surface area contributed by atoms with E-state index in [9.17, 15) is 0 Å². The number of benzene rings is 1. The maximum absolute atomic E-state index is 6.40. The number of methoxy groups -OCH3 is 2. The highest BCUT2D eigenvalue weighted by Gasteiger charge is 2.17. The molecule has 1 unspecified atom stereocenters. The van der Waals surface area contributed by atoms with Gasteiger partial charge in [0.15, 0.2) is 0 Å². The Balaban J connectivity index is 2.08. The summed E-state index contributed by atoms with van der Waals surface area (Å²) in [6, 6.07) is 5.77. The summed E-state index contributed by atoms with van der Waals surface area (Å²) in [4.78, 5) is 2.47. The molecule has 2 N–H and O–H groups in total. The van der Waals surface area contributed by atoms with E-state index in [-0.39, 0.29) is 6.04 Å². The Morgan fingerprint density at radius 1 is 1.10 bits per heavy atom. The first kappa shape index (κ1) is 15.1. The van der Waals surface area contributed by atoms with Gasteiger partial charge in [0.25, 0.3) is 0 Å². The Morgan fingerprint density at radius 2 is 1.80 bits per heavy atom. The zero-order valence-corrected chi connectivity index (χ0v) is 12.6. The molecular formula is C16H26N2O2. The smallest absolute Gasteiger partial charge is 0.123 e. The Kier molecular flexibility index (Phi) is 5.68. The number of rotatable bonds is 5. The van der Waals surface area contributed by atoms with Crippen LogP contribution in [0.25, 0.3) is 0 Å². The molecule has 0 spiro atoms. The molecule has 0 saturated carbocycles. The van der Waals surface area contributed by atoms with Crippen LogP contribution in [0.15, 0.2) is 18.2 Å². The molecule has 1 saturated heterocycles. The van der Waals surface area contributed by atoms with Gasteiger partial charge in [0.2, 0.25) is 0 Å². The summed E-state index contributed by atoms with van der Waals surface area (Å²) < 4.78 is 10.7. The molecule has 2 rings (SSSR count). The lowest BCUT2D eigenvalue weighted by Crippen LogP contribution is -2.33. The quantitative estimate of drug-likeness (QED) is 0.899. The molecule has 1 aliphatic heterocycles. The van der Waals surface area contributed by atoms with Gasteiger partial charge in [-0.05, 0) is 44.1 Å². The second-order valence-corrected chi connectivity index (χ2v) is 5.43. The Labute approximate surface area is 121 Å². The first-order valence-corrected chi connectivity index (χ1v) is 7.44. The fraction of sp³-hybridized carbons (Fsp3) is 0.625. The van der Waals surface area contributed by atoms with Crippen LogP contribution in [0.5, 0.6) is 11.5 Å². The van der Waals surface area contributed by atoms with Crippen LogP contribution in [0.1, 0.15) is 37.3 Å². The van der Waals surface area contributed by atoms with Crippen molar-refractivity contribution >= 4 is 0 Å². The molecule has 1 aliphatic rings. The third-order valence-corrected chi connectivity index (χ3v) is 3.99. The normalized spacial score (nSPS) is 18.4. The number of nitrogens with two attached hydrogens (primary N) is 1. The summed E-state index contributed by atoms with van der Waals surface area (Å²) >= 11 is 0. The van der Waals surface area contributed by atoms with Crippen molar-refractivity contribution in [2.45, 2.75) is 31.7 Å². The molecule has 0 aromatic heterocycles. The minimum absolute atomic E-state index is 0.0434. The van der Waals surface area contributed by atoms with Crippen molar-refractivity contribution in [1.82, 2.24) is 4.90 Å². The van der Waals surface area contributed by atoms with Gasteiger partial charge in [0.1, 0.15) is 11.5 Å². The summed E-state index contributed by atoms with van der Waals surface area (Å²) in [7, 11) is 3.36. The zero-order valence-electron chi connectivity index (χ0n) is 12.6. The van der Waals surface area contributed by atoms with E-state index in [0.717, 1.165) is 36.7 Å². The van der Waals surface area contributed by atoms with Crippen LogP contribution in [0.4, 0.5) is 0 Å². The van der Waals surface area contributed by atoms with Crippen LogP contribution < -0.4 is 15.2 Å². The van der Waals surface area contributed by atoms with Crippen molar-refractivity contribution in [2.24, 2.45) is 5.73 Å². The van der Waals surface area contributed by atoms with Gasteiger partial charge in [0.05, 0.1) is 14.2 Å². The molecule has 1 aromatic carbocycles. The molecule has 0 amide bonds. The minimum atomic E-state index is -0.0434. The molecule has 1 fully saturated rings. The van der Waals surface area contributed by atoms with E-state index >= 15 is 0 Å². The lowest BCUT2D eigenvalue weighted by atomic mass is 10.1. The summed E-state index contributed by atoms with van der Waals surface area (Å²) in [6.45, 7) is 3.18. The van der Waals surface area contributed by atoms with Gasteiger partial charge in [-0.2, -0.15) is 0 Å². The lowest BCUT2D eigenvalue weighted by Gasteiger charge is -2.25. The third-order valence-electron chi connectivity index (χ3n) is 3.99. The topological polar surface area (TPSA) is 47.7 Å². The van der Waals surface area contributed by atoms with Gasteiger partial charge in [0, 0.05) is 18.2 Å². The average Bonchev–Trinajstić information content (AvgIpc) is 2.75. The van der Waals surface area contributed by atoms with Crippen LogP contribution in [-0.2, 0) is 0 Å². The molecule has 1 aromatic rings. The largest absolute Gasteiger partial charge is 0.497 e. The number of hydrogen-bond donors (Lipinski definition) is 1. The van der Waals surface area contributed by atoms with Gasteiger partial charge in [-0.3, -0.25) is 0 Å². The highest BCUT2D eigenvalue weighted by molar-refractivity contribution is 5.42. The number of likely N-dealkylation sites (tertiary alicyclic amines) is 1. The van der Waals surface area contributed by atoms with E-state index in [1.54, 1.807) is 14.2 Å². The molecule has 4 heteroatoms. The van der Waals surface area contributed by atoms with E-state index < -0.39 is 0 Å². The predicted octanol–water partition coefficient (Wildman–Crippen LogP) is 2.58. The van der Waals surface area contributed by atoms with Crippen molar-refractivity contribution in [1.29, 1.82) is 0 Å². The number of ether oxygens (including phenoxy) is 2. The first-order valence-electron chi connectivity index (χ1n) is 7.44. The molecular weight excluding hydrogens is 252 g/mol. The Morgan fingerprint density at radius 3 is 2.40 bits per heavy atom. The third kappa shape index (κ3) is 3.87. The van der Waals surface area contributed by atoms with Gasteiger partial charge in [-0.15, -0.1) is 0 Å². The van der Waals surface area contributed by atoms with E-state index in [0.29, 0.717) is 0 Å². The predicted molar refractivity (Wildman–Crippen MR) is 81.4 cm³/mol. The maximum atomic E-state index is 6.40. The highest BCUT2D eigenvalue weighted by atomic mass is 16.5. The molecule has 0 aliphatic carbocycles. The molecule has 1 atom stereocenters. The number of hydrogen-bond acceptors (Lipinski definition) is 4. The minimum Gasteiger partial charge on any atom is -0.497 e. The first-order chi connectivity index (χ1) is 9.74. The highest BCUT2D eigenvalue weighted by Crippen LogP contribution is 2.29. The summed E-state index contributed by atoms with van der Waals surface area (Å²) in [6.07, 6.45) is 5.24. The SMILES string of the molecule is COc1ccc(OC)c(C(N)CN2CCCCCC2)c1. The van der Waals surface area contributed by atoms with Crippen LogP contribution in [0.3, 0.4) is 0 Å². The summed E-state index contributed by atoms with van der Waals surface area (Å²) in [5, 5.41) is 0. The monoisotopic (exact) mass is 278 g/mol.